The first kappa shape index (κ1) is 22.3. The van der Waals surface area contributed by atoms with Gasteiger partial charge in [-0.1, -0.05) is 0 Å². The molecule has 3 aromatic rings. The van der Waals surface area contributed by atoms with Crippen molar-refractivity contribution in [2.24, 2.45) is 5.92 Å². The zero-order chi connectivity index (χ0) is 23.4. The maximum Gasteiger partial charge on any atom is 0.573 e. The Bertz CT molecular complexity index is 1120. The number of anilines is 1. The number of carbonyl (C=O) groups excluding carboxylic acids is 2. The van der Waals surface area contributed by atoms with Gasteiger partial charge >= 0.3 is 6.36 Å². The lowest BCUT2D eigenvalue weighted by Crippen LogP contribution is -2.43. The van der Waals surface area contributed by atoms with Crippen molar-refractivity contribution in [1.82, 2.24) is 20.1 Å². The monoisotopic (exact) mass is 459 g/mol. The number of hydrogen-bond donors (Lipinski definition) is 2. The quantitative estimate of drug-likeness (QED) is 0.604. The molecule has 1 atom stereocenters. The summed E-state index contributed by atoms with van der Waals surface area (Å²) in [5.74, 6) is -1.38. The van der Waals surface area contributed by atoms with Crippen molar-refractivity contribution in [3.8, 4) is 17.0 Å². The molecule has 0 spiro atoms. The molecule has 1 aliphatic heterocycles. The summed E-state index contributed by atoms with van der Waals surface area (Å²) in [5, 5.41) is 9.62. The number of carbonyl (C=O) groups is 2. The molecule has 1 aromatic carbocycles. The Balaban J connectivity index is 1.36. The minimum absolute atomic E-state index is 0.226. The topological polar surface area (TPSA) is 100 Å². The highest BCUT2D eigenvalue weighted by atomic mass is 19.4. The van der Waals surface area contributed by atoms with Gasteiger partial charge in [0.05, 0.1) is 11.6 Å². The van der Waals surface area contributed by atoms with Crippen LogP contribution in [0.2, 0.25) is 0 Å². The molecule has 2 N–H and O–H groups in total. The molecule has 0 saturated carbocycles. The van der Waals surface area contributed by atoms with Gasteiger partial charge in [-0.25, -0.2) is 0 Å². The number of ether oxygens (including phenoxy) is 1. The Kier molecular flexibility index (Phi) is 6.29. The van der Waals surface area contributed by atoms with Crippen LogP contribution in [-0.4, -0.2) is 51.3 Å². The molecule has 0 bridgehead atoms. The summed E-state index contributed by atoms with van der Waals surface area (Å²) in [6, 6.07) is 10.1. The average molecular weight is 459 g/mol. The standard InChI is InChI=1S/C22H20F3N5O3/c23-22(24,25)33-17-5-3-16(4-6-17)27-20(31)15-2-1-11-30(13-15)21(32)19-12-18(28-29-19)14-7-9-26-10-8-14/h3-10,12,15H,1-2,11,13H2,(H,27,31)(H,28,29)/t15-/m1/s1. The van der Waals surface area contributed by atoms with Crippen LogP contribution in [0, 0.1) is 5.92 Å². The van der Waals surface area contributed by atoms with Crippen molar-refractivity contribution in [2.45, 2.75) is 19.2 Å². The van der Waals surface area contributed by atoms with Crippen LogP contribution in [0.1, 0.15) is 23.3 Å². The smallest absolute Gasteiger partial charge is 0.406 e. The van der Waals surface area contributed by atoms with Crippen molar-refractivity contribution >= 4 is 17.5 Å². The van der Waals surface area contributed by atoms with Crippen LogP contribution in [0.5, 0.6) is 5.75 Å². The van der Waals surface area contributed by atoms with E-state index in [9.17, 15) is 22.8 Å². The second-order valence-corrected chi connectivity index (χ2v) is 7.55. The molecular formula is C22H20F3N5O3. The fourth-order valence-corrected chi connectivity index (χ4v) is 3.63. The van der Waals surface area contributed by atoms with Crippen LogP contribution < -0.4 is 10.1 Å². The van der Waals surface area contributed by atoms with Crippen molar-refractivity contribution in [2.75, 3.05) is 18.4 Å². The number of H-pyrrole nitrogens is 1. The summed E-state index contributed by atoms with van der Waals surface area (Å²) in [5.41, 5.74) is 2.10. The fraction of sp³-hybridized carbons (Fsp3) is 0.273. The molecule has 2 aromatic heterocycles. The summed E-state index contributed by atoms with van der Waals surface area (Å²) in [7, 11) is 0. The van der Waals surface area contributed by atoms with E-state index in [4.69, 9.17) is 0 Å². The van der Waals surface area contributed by atoms with Gasteiger partial charge in [0.1, 0.15) is 11.4 Å². The molecule has 11 heteroatoms. The van der Waals surface area contributed by atoms with Crippen LogP contribution in [0.3, 0.4) is 0 Å². The highest BCUT2D eigenvalue weighted by molar-refractivity contribution is 5.95. The van der Waals surface area contributed by atoms with Gasteiger partial charge in [0.2, 0.25) is 5.91 Å². The molecule has 0 aliphatic carbocycles. The van der Waals surface area contributed by atoms with Crippen LogP contribution in [0.25, 0.3) is 11.3 Å². The second-order valence-electron chi connectivity index (χ2n) is 7.55. The van der Waals surface area contributed by atoms with Gasteiger partial charge in [0.15, 0.2) is 0 Å². The number of halogens is 3. The number of nitrogens with one attached hydrogen (secondary N) is 2. The minimum Gasteiger partial charge on any atom is -0.406 e. The highest BCUT2D eigenvalue weighted by Crippen LogP contribution is 2.25. The number of amides is 2. The third-order valence-electron chi connectivity index (χ3n) is 5.22. The van der Waals surface area contributed by atoms with E-state index in [2.05, 4.69) is 25.2 Å². The zero-order valence-electron chi connectivity index (χ0n) is 17.3. The van der Waals surface area contributed by atoms with Gasteiger partial charge in [-0.15, -0.1) is 13.2 Å². The van der Waals surface area contributed by atoms with E-state index < -0.39 is 12.3 Å². The van der Waals surface area contributed by atoms with Crippen molar-refractivity contribution in [3.05, 3.63) is 60.6 Å². The first-order valence-corrected chi connectivity index (χ1v) is 10.2. The molecule has 0 unspecified atom stereocenters. The van der Waals surface area contributed by atoms with Gasteiger partial charge in [-0.2, -0.15) is 5.10 Å². The van der Waals surface area contributed by atoms with E-state index in [0.717, 1.165) is 17.7 Å². The number of hydrogen-bond acceptors (Lipinski definition) is 5. The number of alkyl halides is 3. The molecule has 3 heterocycles. The predicted octanol–water partition coefficient (Wildman–Crippen LogP) is 3.86. The lowest BCUT2D eigenvalue weighted by Gasteiger charge is -2.31. The van der Waals surface area contributed by atoms with Crippen LogP contribution in [0.4, 0.5) is 18.9 Å². The summed E-state index contributed by atoms with van der Waals surface area (Å²) < 4.78 is 40.6. The molecule has 1 saturated heterocycles. The molecule has 4 rings (SSSR count). The first-order chi connectivity index (χ1) is 15.8. The number of piperidine rings is 1. The highest BCUT2D eigenvalue weighted by Gasteiger charge is 2.31. The Hall–Kier alpha value is -3.89. The summed E-state index contributed by atoms with van der Waals surface area (Å²) in [6.07, 6.45) is -0.271. The largest absolute Gasteiger partial charge is 0.573 e. The molecule has 8 nitrogen and oxygen atoms in total. The number of benzene rings is 1. The van der Waals surface area contributed by atoms with Crippen molar-refractivity contribution < 1.29 is 27.5 Å². The van der Waals surface area contributed by atoms with Crippen molar-refractivity contribution in [1.29, 1.82) is 0 Å². The first-order valence-electron chi connectivity index (χ1n) is 10.2. The Morgan fingerprint density at radius 3 is 2.55 bits per heavy atom. The number of rotatable bonds is 5. The van der Waals surface area contributed by atoms with Gasteiger partial charge < -0.3 is 15.0 Å². The van der Waals surface area contributed by atoms with Gasteiger partial charge in [0, 0.05) is 36.7 Å². The normalized spacial score (nSPS) is 16.3. The second kappa shape index (κ2) is 9.31. The summed E-state index contributed by atoms with van der Waals surface area (Å²) >= 11 is 0. The maximum atomic E-state index is 12.9. The minimum atomic E-state index is -4.78. The fourth-order valence-electron chi connectivity index (χ4n) is 3.63. The predicted molar refractivity (Wildman–Crippen MR) is 112 cm³/mol. The lowest BCUT2D eigenvalue weighted by atomic mass is 9.96. The SMILES string of the molecule is O=C(Nc1ccc(OC(F)(F)F)cc1)[C@@H]1CCCN(C(=O)c2cc(-c3ccncc3)n[nH]2)C1. The Morgan fingerprint density at radius 2 is 1.85 bits per heavy atom. The number of aromatic nitrogens is 3. The van der Waals surface area contributed by atoms with Crippen LogP contribution in [-0.2, 0) is 4.79 Å². The van der Waals surface area contributed by atoms with Crippen LogP contribution >= 0.6 is 0 Å². The maximum absolute atomic E-state index is 12.9. The Morgan fingerprint density at radius 1 is 1.12 bits per heavy atom. The molecule has 33 heavy (non-hydrogen) atoms. The molecule has 1 aliphatic rings. The molecule has 172 valence electrons. The molecular weight excluding hydrogens is 439 g/mol. The van der Waals surface area contributed by atoms with Crippen molar-refractivity contribution in [3.63, 3.8) is 0 Å². The molecule has 1 fully saturated rings. The van der Waals surface area contributed by atoms with Gasteiger partial charge in [0.25, 0.3) is 5.91 Å². The third kappa shape index (κ3) is 5.68. The van der Waals surface area contributed by atoms with E-state index in [1.165, 1.54) is 12.1 Å². The van der Waals surface area contributed by atoms with E-state index in [0.29, 0.717) is 36.5 Å². The summed E-state index contributed by atoms with van der Waals surface area (Å²) in [6.45, 7) is 0.735. The summed E-state index contributed by atoms with van der Waals surface area (Å²) in [4.78, 5) is 31.2. The Labute approximate surface area is 186 Å². The lowest BCUT2D eigenvalue weighted by molar-refractivity contribution is -0.274. The van der Waals surface area contributed by atoms with Gasteiger partial charge in [-0.05, 0) is 55.3 Å². The zero-order valence-corrected chi connectivity index (χ0v) is 17.3. The number of pyridine rings is 1. The van der Waals surface area contributed by atoms with E-state index in [1.807, 2.05) is 0 Å². The molecule has 2 amide bonds. The van der Waals surface area contributed by atoms with E-state index in [1.54, 1.807) is 35.5 Å². The van der Waals surface area contributed by atoms with E-state index >= 15 is 0 Å². The number of likely N-dealkylation sites (tertiary alicyclic amines) is 1. The number of aromatic amines is 1. The number of nitrogens with zero attached hydrogens (tertiary/aromatic N) is 3. The molecule has 0 radical (unpaired) electrons. The third-order valence-corrected chi connectivity index (χ3v) is 5.22. The average Bonchev–Trinajstić information content (AvgIpc) is 3.30. The van der Waals surface area contributed by atoms with Crippen LogP contribution in [0.15, 0.2) is 54.9 Å². The van der Waals surface area contributed by atoms with Gasteiger partial charge in [-0.3, -0.25) is 19.7 Å². The van der Waals surface area contributed by atoms with E-state index in [-0.39, 0.29) is 24.1 Å².